The Bertz CT molecular complexity index is 834. The van der Waals surface area contributed by atoms with Crippen molar-refractivity contribution in [3.8, 4) is 17.3 Å². The molecule has 3 aromatic rings. The third-order valence-corrected chi connectivity index (χ3v) is 3.38. The van der Waals surface area contributed by atoms with E-state index in [1.54, 1.807) is 0 Å². The van der Waals surface area contributed by atoms with Crippen LogP contribution in [-0.2, 0) is 0 Å². The lowest BCUT2D eigenvalue weighted by Crippen LogP contribution is -1.83. The van der Waals surface area contributed by atoms with Crippen LogP contribution in [0.5, 0.6) is 0 Å². The molecule has 1 heterocycles. The number of rotatable bonds is 3. The van der Waals surface area contributed by atoms with Gasteiger partial charge in [-0.15, -0.1) is 5.10 Å². The summed E-state index contributed by atoms with van der Waals surface area (Å²) in [7, 11) is 0. The maximum atomic E-state index is 8.97. The van der Waals surface area contributed by atoms with Crippen LogP contribution in [0.2, 0.25) is 0 Å². The van der Waals surface area contributed by atoms with Crippen LogP contribution in [0.4, 0.5) is 0 Å². The van der Waals surface area contributed by atoms with Crippen molar-refractivity contribution in [1.82, 2.24) is 15.4 Å². The van der Waals surface area contributed by atoms with E-state index in [9.17, 15) is 0 Å². The van der Waals surface area contributed by atoms with Gasteiger partial charge in [0.2, 0.25) is 0 Å². The molecule has 4 nitrogen and oxygen atoms in total. The summed E-state index contributed by atoms with van der Waals surface area (Å²) >= 11 is 0. The van der Waals surface area contributed by atoms with Crippen LogP contribution in [0.1, 0.15) is 22.4 Å². The summed E-state index contributed by atoms with van der Waals surface area (Å²) in [5, 5.41) is 19.3. The van der Waals surface area contributed by atoms with E-state index in [1.165, 1.54) is 5.56 Å². The Morgan fingerprint density at radius 1 is 0.909 bits per heavy atom. The number of aromatic nitrogens is 3. The van der Waals surface area contributed by atoms with Gasteiger partial charge in [-0.3, -0.25) is 0 Å². The summed E-state index contributed by atoms with van der Waals surface area (Å²) in [5.74, 6) is 0. The molecule has 0 aliphatic rings. The fourth-order valence-corrected chi connectivity index (χ4v) is 2.13. The molecule has 0 aliphatic heterocycles. The number of nitrogens with one attached hydrogen (secondary N) is 1. The lowest BCUT2D eigenvalue weighted by atomic mass is 10.1. The number of hydrogen-bond donors (Lipinski definition) is 1. The molecule has 22 heavy (non-hydrogen) atoms. The highest BCUT2D eigenvalue weighted by Crippen LogP contribution is 2.20. The van der Waals surface area contributed by atoms with Crippen molar-refractivity contribution in [3.63, 3.8) is 0 Å². The van der Waals surface area contributed by atoms with Gasteiger partial charge >= 0.3 is 0 Å². The minimum absolute atomic E-state index is 0.308. The van der Waals surface area contributed by atoms with Gasteiger partial charge in [-0.05, 0) is 18.1 Å². The summed E-state index contributed by atoms with van der Waals surface area (Å²) in [5.41, 5.74) is 5.27. The van der Waals surface area contributed by atoms with Crippen LogP contribution in [0, 0.1) is 18.3 Å². The van der Waals surface area contributed by atoms with Crippen LogP contribution in [0.15, 0.2) is 48.5 Å². The zero-order valence-electron chi connectivity index (χ0n) is 12.1. The molecule has 0 unspecified atom stereocenters. The Hall–Kier alpha value is -3.19. The highest BCUT2D eigenvalue weighted by atomic mass is 15.3. The van der Waals surface area contributed by atoms with E-state index in [1.807, 2.05) is 30.3 Å². The van der Waals surface area contributed by atoms with Crippen LogP contribution in [0.25, 0.3) is 23.4 Å². The predicted octanol–water partition coefficient (Wildman–Crippen LogP) is 3.82. The number of hydrogen-bond acceptors (Lipinski definition) is 3. The molecular formula is C18H14N4. The van der Waals surface area contributed by atoms with Crippen LogP contribution < -0.4 is 0 Å². The zero-order chi connectivity index (χ0) is 15.4. The molecular weight excluding hydrogens is 272 g/mol. The third kappa shape index (κ3) is 2.94. The normalized spacial score (nSPS) is 10.7. The standard InChI is InChI=1S/C18H14N4/c1-13-2-4-14(5-3-13)6-7-15-8-10-16(11-9-15)18-17(12-19)20-22-21-18/h2-11H,1H3,(H,20,21,22)/b7-6+. The molecule has 0 radical (unpaired) electrons. The first-order valence-corrected chi connectivity index (χ1v) is 6.92. The molecule has 0 fully saturated rings. The molecule has 4 heteroatoms. The first kappa shape index (κ1) is 13.8. The quantitative estimate of drug-likeness (QED) is 0.744. The number of nitriles is 1. The van der Waals surface area contributed by atoms with Crippen LogP contribution in [0.3, 0.4) is 0 Å². The number of aromatic amines is 1. The maximum Gasteiger partial charge on any atom is 0.190 e. The molecule has 3 rings (SSSR count). The molecule has 0 bridgehead atoms. The summed E-state index contributed by atoms with van der Waals surface area (Å²) in [6.45, 7) is 2.08. The summed E-state index contributed by atoms with van der Waals surface area (Å²) < 4.78 is 0. The van der Waals surface area contributed by atoms with E-state index in [4.69, 9.17) is 5.26 Å². The molecule has 0 saturated carbocycles. The first-order valence-electron chi connectivity index (χ1n) is 6.92. The lowest BCUT2D eigenvalue weighted by molar-refractivity contribution is 0.937. The van der Waals surface area contributed by atoms with E-state index < -0.39 is 0 Å². The van der Waals surface area contributed by atoms with Crippen molar-refractivity contribution in [1.29, 1.82) is 5.26 Å². The number of aryl methyl sites for hydroxylation is 1. The van der Waals surface area contributed by atoms with Gasteiger partial charge in [-0.1, -0.05) is 66.2 Å². The first-order chi connectivity index (χ1) is 10.8. The molecule has 0 aliphatic carbocycles. The topological polar surface area (TPSA) is 65.4 Å². The van der Waals surface area contributed by atoms with Crippen molar-refractivity contribution in [3.05, 3.63) is 70.9 Å². The van der Waals surface area contributed by atoms with E-state index in [2.05, 4.69) is 58.8 Å². The minimum atomic E-state index is 0.308. The van der Waals surface area contributed by atoms with Crippen molar-refractivity contribution in [2.45, 2.75) is 6.92 Å². The van der Waals surface area contributed by atoms with Gasteiger partial charge in [0.15, 0.2) is 5.69 Å². The predicted molar refractivity (Wildman–Crippen MR) is 86.6 cm³/mol. The number of benzene rings is 2. The van der Waals surface area contributed by atoms with Crippen LogP contribution >= 0.6 is 0 Å². The van der Waals surface area contributed by atoms with Crippen molar-refractivity contribution in [2.24, 2.45) is 0 Å². The largest absolute Gasteiger partial charge is 0.196 e. The number of nitrogens with zero attached hydrogens (tertiary/aromatic N) is 3. The lowest BCUT2D eigenvalue weighted by Gasteiger charge is -1.99. The van der Waals surface area contributed by atoms with Gasteiger partial charge in [0, 0.05) is 5.56 Å². The van der Waals surface area contributed by atoms with E-state index in [-0.39, 0.29) is 0 Å². The Morgan fingerprint density at radius 3 is 2.09 bits per heavy atom. The molecule has 106 valence electrons. The maximum absolute atomic E-state index is 8.97. The summed E-state index contributed by atoms with van der Waals surface area (Å²) in [6.07, 6.45) is 4.13. The second-order valence-electron chi connectivity index (χ2n) is 5.00. The molecule has 0 atom stereocenters. The molecule has 2 aromatic carbocycles. The van der Waals surface area contributed by atoms with Gasteiger partial charge in [0.1, 0.15) is 11.8 Å². The second-order valence-corrected chi connectivity index (χ2v) is 5.00. The molecule has 0 spiro atoms. The van der Waals surface area contributed by atoms with E-state index in [0.717, 1.165) is 16.7 Å². The fourth-order valence-electron chi connectivity index (χ4n) is 2.13. The zero-order valence-corrected chi connectivity index (χ0v) is 12.1. The summed E-state index contributed by atoms with van der Waals surface area (Å²) in [6, 6.07) is 18.3. The van der Waals surface area contributed by atoms with E-state index in [0.29, 0.717) is 11.4 Å². The monoisotopic (exact) mass is 286 g/mol. The van der Waals surface area contributed by atoms with Crippen molar-refractivity contribution >= 4 is 12.2 Å². The highest BCUT2D eigenvalue weighted by molar-refractivity contribution is 5.72. The molecule has 0 saturated heterocycles. The highest BCUT2D eigenvalue weighted by Gasteiger charge is 2.08. The smallest absolute Gasteiger partial charge is 0.190 e. The van der Waals surface area contributed by atoms with Gasteiger partial charge in [-0.25, -0.2) is 0 Å². The number of H-pyrrole nitrogens is 1. The van der Waals surface area contributed by atoms with Gasteiger partial charge in [-0.2, -0.15) is 15.6 Å². The Kier molecular flexibility index (Phi) is 3.80. The van der Waals surface area contributed by atoms with Gasteiger partial charge in [0.05, 0.1) is 0 Å². The van der Waals surface area contributed by atoms with Crippen LogP contribution in [-0.4, -0.2) is 15.4 Å². The SMILES string of the molecule is Cc1ccc(/C=C/c2ccc(-c3n[nH]nc3C#N)cc2)cc1. The Labute approximate surface area is 128 Å². The summed E-state index contributed by atoms with van der Waals surface area (Å²) in [4.78, 5) is 0. The van der Waals surface area contributed by atoms with Gasteiger partial charge < -0.3 is 0 Å². The Balaban J connectivity index is 1.80. The molecule has 1 N–H and O–H groups in total. The average Bonchev–Trinajstić information content (AvgIpc) is 3.03. The van der Waals surface area contributed by atoms with Crippen molar-refractivity contribution < 1.29 is 0 Å². The molecule has 0 amide bonds. The molecule has 1 aromatic heterocycles. The van der Waals surface area contributed by atoms with Gasteiger partial charge in [0.25, 0.3) is 0 Å². The average molecular weight is 286 g/mol. The van der Waals surface area contributed by atoms with E-state index >= 15 is 0 Å². The van der Waals surface area contributed by atoms with Crippen molar-refractivity contribution in [2.75, 3.05) is 0 Å². The second kappa shape index (κ2) is 6.06. The Morgan fingerprint density at radius 2 is 1.50 bits per heavy atom. The third-order valence-electron chi connectivity index (χ3n) is 3.38. The minimum Gasteiger partial charge on any atom is -0.196 e. The fraction of sp³-hybridized carbons (Fsp3) is 0.0556.